The summed E-state index contributed by atoms with van der Waals surface area (Å²) in [5.74, 6) is -0.419. The fourth-order valence-electron chi connectivity index (χ4n) is 2.45. The van der Waals surface area contributed by atoms with E-state index >= 15 is 0 Å². The molecule has 0 aliphatic heterocycles. The Morgan fingerprint density at radius 1 is 1.16 bits per heavy atom. The third-order valence-electron chi connectivity index (χ3n) is 3.76. The zero-order chi connectivity index (χ0) is 18.1. The molecule has 25 heavy (non-hydrogen) atoms. The fourth-order valence-corrected chi connectivity index (χ4v) is 2.45. The molecule has 0 heterocycles. The monoisotopic (exact) mass is 339 g/mol. The van der Waals surface area contributed by atoms with Crippen LogP contribution in [0.3, 0.4) is 0 Å². The maximum atomic E-state index is 13.4. The van der Waals surface area contributed by atoms with Crippen molar-refractivity contribution in [3.8, 4) is 0 Å². The van der Waals surface area contributed by atoms with Gasteiger partial charge in [-0.05, 0) is 28.8 Å². The van der Waals surface area contributed by atoms with Crippen LogP contribution >= 0.6 is 0 Å². The van der Waals surface area contributed by atoms with Gasteiger partial charge >= 0.3 is 0 Å². The molecule has 2 rings (SSSR count). The largest absolute Gasteiger partial charge is 0.500 e. The summed E-state index contributed by atoms with van der Waals surface area (Å²) in [6, 6.07) is 15.9. The topological polar surface area (TPSA) is 29.5 Å². The lowest BCUT2D eigenvalue weighted by Crippen LogP contribution is -2.33. The van der Waals surface area contributed by atoms with Crippen molar-refractivity contribution in [1.82, 2.24) is 4.90 Å². The van der Waals surface area contributed by atoms with Gasteiger partial charge in [0.2, 0.25) is 5.91 Å². The summed E-state index contributed by atoms with van der Waals surface area (Å²) in [4.78, 5) is 14.4. The predicted octanol–water partition coefficient (Wildman–Crippen LogP) is 4.42. The van der Waals surface area contributed by atoms with Gasteiger partial charge < -0.3 is 9.64 Å². The first-order chi connectivity index (χ1) is 12.1. The zero-order valence-electron chi connectivity index (χ0n) is 14.2. The summed E-state index contributed by atoms with van der Waals surface area (Å²) in [5.41, 5.74) is 2.26. The van der Waals surface area contributed by atoms with E-state index in [1.807, 2.05) is 30.3 Å². The summed E-state index contributed by atoms with van der Waals surface area (Å²) in [7, 11) is 0. The van der Waals surface area contributed by atoms with Crippen molar-refractivity contribution in [3.63, 3.8) is 0 Å². The summed E-state index contributed by atoms with van der Waals surface area (Å²) in [5, 5.41) is 0. The first kappa shape index (κ1) is 18.5. The van der Waals surface area contributed by atoms with Crippen molar-refractivity contribution in [2.24, 2.45) is 0 Å². The van der Waals surface area contributed by atoms with Crippen LogP contribution < -0.4 is 0 Å². The summed E-state index contributed by atoms with van der Waals surface area (Å²) >= 11 is 0. The number of rotatable bonds is 9. The number of hydrogen-bond acceptors (Lipinski definition) is 2. The Morgan fingerprint density at radius 3 is 2.60 bits per heavy atom. The maximum absolute atomic E-state index is 13.4. The van der Waals surface area contributed by atoms with E-state index in [9.17, 15) is 9.18 Å². The molecule has 2 aromatic carbocycles. The van der Waals surface area contributed by atoms with Gasteiger partial charge in [0, 0.05) is 6.54 Å². The first-order valence-electron chi connectivity index (χ1n) is 8.08. The SMILES string of the molecule is C=COCCN(Cc1ccccc1)C(=O)CC(=C)c1cccc(F)c1. The number of carbonyl (C=O) groups excluding carboxylic acids is 1. The van der Waals surface area contributed by atoms with E-state index in [4.69, 9.17) is 4.74 Å². The molecule has 1 amide bonds. The van der Waals surface area contributed by atoms with Gasteiger partial charge in [-0.3, -0.25) is 4.79 Å². The second-order valence-electron chi connectivity index (χ2n) is 5.63. The van der Waals surface area contributed by atoms with Crippen LogP contribution in [0, 0.1) is 5.82 Å². The van der Waals surface area contributed by atoms with E-state index in [1.54, 1.807) is 17.0 Å². The quantitative estimate of drug-likeness (QED) is 0.500. The molecular weight excluding hydrogens is 317 g/mol. The highest BCUT2D eigenvalue weighted by atomic mass is 19.1. The molecule has 0 fully saturated rings. The molecule has 0 aliphatic carbocycles. The van der Waals surface area contributed by atoms with E-state index in [0.717, 1.165) is 5.56 Å². The zero-order valence-corrected chi connectivity index (χ0v) is 14.2. The molecule has 0 unspecified atom stereocenters. The van der Waals surface area contributed by atoms with Gasteiger partial charge in [-0.15, -0.1) is 0 Å². The number of hydrogen-bond donors (Lipinski definition) is 0. The lowest BCUT2D eigenvalue weighted by Gasteiger charge is -2.23. The van der Waals surface area contributed by atoms with E-state index in [2.05, 4.69) is 13.2 Å². The van der Waals surface area contributed by atoms with Gasteiger partial charge in [-0.2, -0.15) is 0 Å². The molecular formula is C21H22FNO2. The van der Waals surface area contributed by atoms with Crippen molar-refractivity contribution in [3.05, 3.63) is 91.0 Å². The minimum absolute atomic E-state index is 0.0780. The second kappa shape index (κ2) is 9.42. The third-order valence-corrected chi connectivity index (χ3v) is 3.76. The van der Waals surface area contributed by atoms with Crippen molar-refractivity contribution in [1.29, 1.82) is 0 Å². The molecule has 0 N–H and O–H groups in total. The van der Waals surface area contributed by atoms with Gasteiger partial charge in [-0.25, -0.2) is 4.39 Å². The first-order valence-corrected chi connectivity index (χ1v) is 8.08. The Labute approximate surface area is 148 Å². The third kappa shape index (κ3) is 5.92. The normalized spacial score (nSPS) is 10.1. The van der Waals surface area contributed by atoms with Crippen LogP contribution in [0.25, 0.3) is 5.57 Å². The van der Waals surface area contributed by atoms with Crippen LogP contribution in [0.2, 0.25) is 0 Å². The van der Waals surface area contributed by atoms with E-state index in [0.29, 0.717) is 30.8 Å². The lowest BCUT2D eigenvalue weighted by atomic mass is 10.0. The maximum Gasteiger partial charge on any atom is 0.227 e. The molecule has 0 spiro atoms. The van der Waals surface area contributed by atoms with Crippen LogP contribution in [0.15, 0.2) is 74.0 Å². The average molecular weight is 339 g/mol. The fraction of sp³-hybridized carbons (Fsp3) is 0.190. The van der Waals surface area contributed by atoms with E-state index < -0.39 is 0 Å². The number of ether oxygens (including phenoxy) is 1. The molecule has 130 valence electrons. The number of halogens is 1. The highest BCUT2D eigenvalue weighted by Gasteiger charge is 2.16. The lowest BCUT2D eigenvalue weighted by molar-refractivity contribution is -0.131. The average Bonchev–Trinajstić information content (AvgIpc) is 2.62. The van der Waals surface area contributed by atoms with Crippen LogP contribution in [0.4, 0.5) is 4.39 Å². The van der Waals surface area contributed by atoms with Crippen LogP contribution in [0.1, 0.15) is 17.5 Å². The standard InChI is InChI=1S/C21H22FNO2/c1-3-25-13-12-23(16-18-8-5-4-6-9-18)21(24)14-17(2)19-10-7-11-20(22)15-19/h3-11,15H,1-2,12-14,16H2. The highest BCUT2D eigenvalue weighted by molar-refractivity contribution is 5.88. The Kier molecular flexibility index (Phi) is 6.96. The van der Waals surface area contributed by atoms with Crippen molar-refractivity contribution in [2.45, 2.75) is 13.0 Å². The smallest absolute Gasteiger partial charge is 0.227 e. The molecule has 0 saturated heterocycles. The number of amides is 1. The number of carbonyl (C=O) groups is 1. The summed E-state index contributed by atoms with van der Waals surface area (Å²) < 4.78 is 18.5. The Morgan fingerprint density at radius 2 is 1.92 bits per heavy atom. The summed E-state index contributed by atoms with van der Waals surface area (Å²) in [6.07, 6.45) is 1.49. The van der Waals surface area contributed by atoms with Gasteiger partial charge in [0.15, 0.2) is 0 Å². The van der Waals surface area contributed by atoms with E-state index in [-0.39, 0.29) is 18.1 Å². The van der Waals surface area contributed by atoms with Gasteiger partial charge in [0.25, 0.3) is 0 Å². The molecule has 0 saturated carbocycles. The minimum Gasteiger partial charge on any atom is -0.500 e. The predicted molar refractivity (Wildman–Crippen MR) is 98.1 cm³/mol. The van der Waals surface area contributed by atoms with Crippen molar-refractivity contribution < 1.29 is 13.9 Å². The number of nitrogens with zero attached hydrogens (tertiary/aromatic N) is 1. The molecule has 0 bridgehead atoms. The van der Waals surface area contributed by atoms with Crippen LogP contribution in [-0.4, -0.2) is 24.0 Å². The molecule has 0 atom stereocenters. The van der Waals surface area contributed by atoms with Gasteiger partial charge in [-0.1, -0.05) is 55.6 Å². The van der Waals surface area contributed by atoms with Gasteiger partial charge in [0.1, 0.15) is 12.4 Å². The van der Waals surface area contributed by atoms with Crippen LogP contribution in [0.5, 0.6) is 0 Å². The van der Waals surface area contributed by atoms with Crippen molar-refractivity contribution >= 4 is 11.5 Å². The summed E-state index contributed by atoms with van der Waals surface area (Å²) in [6.45, 7) is 8.73. The van der Waals surface area contributed by atoms with Crippen LogP contribution in [-0.2, 0) is 16.1 Å². The molecule has 2 aromatic rings. The number of benzene rings is 2. The second-order valence-corrected chi connectivity index (χ2v) is 5.63. The molecule has 3 nitrogen and oxygen atoms in total. The van der Waals surface area contributed by atoms with E-state index in [1.165, 1.54) is 18.4 Å². The molecule has 0 radical (unpaired) electrons. The van der Waals surface area contributed by atoms with Gasteiger partial charge in [0.05, 0.1) is 19.2 Å². The Balaban J connectivity index is 2.05. The van der Waals surface area contributed by atoms with Crippen molar-refractivity contribution in [2.75, 3.05) is 13.2 Å². The molecule has 0 aromatic heterocycles. The molecule has 0 aliphatic rings. The molecule has 4 heteroatoms. The minimum atomic E-state index is -0.341. The highest BCUT2D eigenvalue weighted by Crippen LogP contribution is 2.19. The Bertz CT molecular complexity index is 728. The Hall–Kier alpha value is -2.88.